The molecular formula is C15H23ClN2O2. The first kappa shape index (κ1) is 14.2. The van der Waals surface area contributed by atoms with E-state index in [2.05, 4.69) is 5.10 Å². The fraction of sp³-hybridized carbons (Fsp3) is 0.800. The van der Waals surface area contributed by atoms with E-state index >= 15 is 0 Å². The van der Waals surface area contributed by atoms with Crippen molar-refractivity contribution in [2.45, 2.75) is 70.1 Å². The number of nitrogens with zero attached hydrogens (tertiary/aromatic N) is 2. The first-order valence-corrected chi connectivity index (χ1v) is 8.20. The first-order valence-electron chi connectivity index (χ1n) is 7.82. The van der Waals surface area contributed by atoms with Crippen LogP contribution < -0.4 is 4.74 Å². The van der Waals surface area contributed by atoms with Crippen LogP contribution >= 0.6 is 11.6 Å². The van der Waals surface area contributed by atoms with Crippen LogP contribution in [0.4, 0.5) is 0 Å². The van der Waals surface area contributed by atoms with Crippen LogP contribution in [0.2, 0.25) is 5.15 Å². The van der Waals surface area contributed by atoms with Crippen molar-refractivity contribution in [2.24, 2.45) is 0 Å². The third-order valence-electron chi connectivity index (χ3n) is 4.24. The monoisotopic (exact) mass is 298 g/mol. The smallest absolute Gasteiger partial charge is 0.176 e. The van der Waals surface area contributed by atoms with Crippen LogP contribution in [-0.4, -0.2) is 28.6 Å². The zero-order chi connectivity index (χ0) is 13.8. The summed E-state index contributed by atoms with van der Waals surface area (Å²) in [6.45, 7) is 1.59. The summed E-state index contributed by atoms with van der Waals surface area (Å²) in [5.74, 6) is 0.731. The van der Waals surface area contributed by atoms with Gasteiger partial charge in [0.25, 0.3) is 0 Å². The van der Waals surface area contributed by atoms with Crippen molar-refractivity contribution >= 4 is 11.6 Å². The molecule has 1 aromatic heterocycles. The molecule has 4 nitrogen and oxygen atoms in total. The molecule has 112 valence electrons. The van der Waals surface area contributed by atoms with Gasteiger partial charge in [-0.25, -0.2) is 4.68 Å². The summed E-state index contributed by atoms with van der Waals surface area (Å²) in [4.78, 5) is 0. The van der Waals surface area contributed by atoms with Crippen molar-refractivity contribution in [1.29, 1.82) is 0 Å². The summed E-state index contributed by atoms with van der Waals surface area (Å²) in [7, 11) is 0. The molecule has 1 aromatic rings. The van der Waals surface area contributed by atoms with E-state index in [-0.39, 0.29) is 6.10 Å². The Morgan fingerprint density at radius 1 is 1.20 bits per heavy atom. The maximum absolute atomic E-state index is 6.38. The molecule has 2 aliphatic rings. The summed E-state index contributed by atoms with van der Waals surface area (Å²) in [6, 6.07) is 0. The zero-order valence-corrected chi connectivity index (χ0v) is 12.6. The second-order valence-electron chi connectivity index (χ2n) is 5.85. The highest BCUT2D eigenvalue weighted by Crippen LogP contribution is 2.29. The van der Waals surface area contributed by atoms with Gasteiger partial charge in [-0.05, 0) is 44.9 Å². The summed E-state index contributed by atoms with van der Waals surface area (Å²) < 4.78 is 13.6. The van der Waals surface area contributed by atoms with Gasteiger partial charge >= 0.3 is 0 Å². The Labute approximate surface area is 125 Å². The second-order valence-corrected chi connectivity index (χ2v) is 6.21. The minimum atomic E-state index is 0.240. The number of rotatable bonds is 4. The quantitative estimate of drug-likeness (QED) is 0.848. The fourth-order valence-corrected chi connectivity index (χ4v) is 3.27. The molecule has 0 N–H and O–H groups in total. The molecule has 0 bridgehead atoms. The lowest BCUT2D eigenvalue weighted by atomic mass is 9.98. The van der Waals surface area contributed by atoms with Crippen molar-refractivity contribution in [3.8, 4) is 5.75 Å². The number of hydrogen-bond donors (Lipinski definition) is 0. The normalized spacial score (nSPS) is 24.8. The number of ether oxygens (including phenoxy) is 2. The van der Waals surface area contributed by atoms with Crippen molar-refractivity contribution < 1.29 is 9.47 Å². The predicted molar refractivity (Wildman–Crippen MR) is 78.3 cm³/mol. The van der Waals surface area contributed by atoms with E-state index in [0.717, 1.165) is 38.2 Å². The van der Waals surface area contributed by atoms with Gasteiger partial charge < -0.3 is 9.47 Å². The first-order chi connectivity index (χ1) is 9.83. The Balaban J connectivity index is 1.59. The van der Waals surface area contributed by atoms with Crippen molar-refractivity contribution in [3.05, 3.63) is 11.3 Å². The number of hydrogen-bond acceptors (Lipinski definition) is 3. The van der Waals surface area contributed by atoms with Gasteiger partial charge in [0.1, 0.15) is 0 Å². The Morgan fingerprint density at radius 3 is 2.75 bits per heavy atom. The lowest BCUT2D eigenvalue weighted by Crippen LogP contribution is -2.25. The van der Waals surface area contributed by atoms with E-state index < -0.39 is 0 Å². The van der Waals surface area contributed by atoms with E-state index in [4.69, 9.17) is 21.1 Å². The topological polar surface area (TPSA) is 36.3 Å². The molecular weight excluding hydrogens is 276 g/mol. The molecule has 1 saturated carbocycles. The van der Waals surface area contributed by atoms with Gasteiger partial charge in [0.15, 0.2) is 10.9 Å². The summed E-state index contributed by atoms with van der Waals surface area (Å²) >= 11 is 6.38. The van der Waals surface area contributed by atoms with E-state index in [1.807, 2.05) is 4.68 Å². The minimum Gasteiger partial charge on any atom is -0.486 e. The molecule has 1 aliphatic carbocycles. The molecule has 1 unspecified atom stereocenters. The molecule has 0 spiro atoms. The molecule has 1 atom stereocenters. The average Bonchev–Trinajstić information content (AvgIpc) is 2.83. The molecule has 5 heteroatoms. The summed E-state index contributed by atoms with van der Waals surface area (Å²) in [5.41, 5.74) is 0. The summed E-state index contributed by atoms with van der Waals surface area (Å²) in [6.07, 6.45) is 11.9. The van der Waals surface area contributed by atoms with Crippen molar-refractivity contribution in [2.75, 3.05) is 6.61 Å². The molecule has 1 aliphatic heterocycles. The molecule has 2 fully saturated rings. The van der Waals surface area contributed by atoms with E-state index in [9.17, 15) is 0 Å². The molecule has 20 heavy (non-hydrogen) atoms. The lowest BCUT2D eigenvalue weighted by Gasteiger charge is -2.23. The molecule has 3 rings (SSSR count). The Hall–Kier alpha value is -0.740. The van der Waals surface area contributed by atoms with Crippen LogP contribution in [0.15, 0.2) is 6.20 Å². The average molecular weight is 299 g/mol. The van der Waals surface area contributed by atoms with Gasteiger partial charge in [0, 0.05) is 6.61 Å². The maximum atomic E-state index is 6.38. The van der Waals surface area contributed by atoms with Gasteiger partial charge in [-0.3, -0.25) is 0 Å². The Morgan fingerprint density at radius 2 is 2.00 bits per heavy atom. The third kappa shape index (κ3) is 3.47. The van der Waals surface area contributed by atoms with Crippen LogP contribution in [0, 0.1) is 0 Å². The largest absolute Gasteiger partial charge is 0.486 e. The van der Waals surface area contributed by atoms with Gasteiger partial charge in [-0.15, -0.1) is 0 Å². The fourth-order valence-electron chi connectivity index (χ4n) is 3.07. The van der Waals surface area contributed by atoms with Crippen LogP contribution in [-0.2, 0) is 11.3 Å². The van der Waals surface area contributed by atoms with Gasteiger partial charge in [-0.2, -0.15) is 5.10 Å². The van der Waals surface area contributed by atoms with E-state index in [1.54, 1.807) is 6.20 Å². The minimum absolute atomic E-state index is 0.240. The third-order valence-corrected chi connectivity index (χ3v) is 4.62. The predicted octanol–water partition coefficient (Wildman–Crippen LogP) is 3.82. The molecule has 0 radical (unpaired) electrons. The SMILES string of the molecule is Clc1c(OC2CCCCC2)cnn1CC1CCCCO1. The van der Waals surface area contributed by atoms with Crippen LogP contribution in [0.1, 0.15) is 51.4 Å². The van der Waals surface area contributed by atoms with E-state index in [0.29, 0.717) is 11.3 Å². The highest BCUT2D eigenvalue weighted by Gasteiger charge is 2.21. The van der Waals surface area contributed by atoms with Crippen LogP contribution in [0.3, 0.4) is 0 Å². The second kappa shape index (κ2) is 6.81. The molecule has 2 heterocycles. The Kier molecular flexibility index (Phi) is 4.84. The van der Waals surface area contributed by atoms with Crippen molar-refractivity contribution in [3.63, 3.8) is 0 Å². The molecule has 0 aromatic carbocycles. The van der Waals surface area contributed by atoms with Crippen LogP contribution in [0.5, 0.6) is 5.75 Å². The number of halogens is 1. The summed E-state index contributed by atoms with van der Waals surface area (Å²) in [5, 5.41) is 4.97. The molecule has 1 saturated heterocycles. The standard InChI is InChI=1S/C15H23ClN2O2/c16-15-14(20-12-6-2-1-3-7-12)10-17-18(15)11-13-8-4-5-9-19-13/h10,12-13H,1-9,11H2. The van der Waals surface area contributed by atoms with Crippen molar-refractivity contribution in [1.82, 2.24) is 9.78 Å². The Bertz CT molecular complexity index is 386. The van der Waals surface area contributed by atoms with Gasteiger partial charge in [0.2, 0.25) is 0 Å². The number of aromatic nitrogens is 2. The van der Waals surface area contributed by atoms with Crippen LogP contribution in [0.25, 0.3) is 0 Å². The maximum Gasteiger partial charge on any atom is 0.176 e. The van der Waals surface area contributed by atoms with Gasteiger partial charge in [0.05, 0.1) is 24.9 Å². The highest BCUT2D eigenvalue weighted by molar-refractivity contribution is 6.31. The molecule has 0 amide bonds. The zero-order valence-electron chi connectivity index (χ0n) is 11.9. The lowest BCUT2D eigenvalue weighted by molar-refractivity contribution is 0.00399. The van der Waals surface area contributed by atoms with E-state index in [1.165, 1.54) is 32.1 Å². The van der Waals surface area contributed by atoms with Gasteiger partial charge in [-0.1, -0.05) is 18.0 Å². The highest BCUT2D eigenvalue weighted by atomic mass is 35.5.